The van der Waals surface area contributed by atoms with E-state index in [-0.39, 0.29) is 10.1 Å². The van der Waals surface area contributed by atoms with Gasteiger partial charge in [0.1, 0.15) is 4.90 Å². The Balaban J connectivity index is 2.73. The molecule has 0 saturated heterocycles. The van der Waals surface area contributed by atoms with Gasteiger partial charge in [0.25, 0.3) is 0 Å². The number of hydrogen-bond donors (Lipinski definition) is 2. The molecule has 0 aromatic carbocycles. The van der Waals surface area contributed by atoms with Crippen LogP contribution in [0.15, 0.2) is 11.1 Å². The number of aromatic nitrogens is 2. The number of aromatic amines is 1. The van der Waals surface area contributed by atoms with Gasteiger partial charge in [0.2, 0.25) is 10.0 Å². The lowest BCUT2D eigenvalue weighted by Crippen LogP contribution is -2.29. The van der Waals surface area contributed by atoms with Gasteiger partial charge in [0, 0.05) is 11.8 Å². The number of nitrogens with zero attached hydrogens (tertiary/aromatic N) is 1. The molecule has 7 heteroatoms. The van der Waals surface area contributed by atoms with Gasteiger partial charge in [-0.2, -0.15) is 16.9 Å². The molecule has 0 radical (unpaired) electrons. The molecule has 0 saturated carbocycles. The van der Waals surface area contributed by atoms with E-state index in [1.165, 1.54) is 6.20 Å². The van der Waals surface area contributed by atoms with E-state index < -0.39 is 10.0 Å². The fraction of sp³-hybridized carbons (Fsp3) is 0.625. The van der Waals surface area contributed by atoms with E-state index in [0.29, 0.717) is 12.2 Å². The summed E-state index contributed by atoms with van der Waals surface area (Å²) in [6.07, 6.45) is 3.27. The second-order valence-electron chi connectivity index (χ2n) is 3.26. The lowest BCUT2D eigenvalue weighted by molar-refractivity contribution is 0.581. The molecule has 1 unspecified atom stereocenters. The van der Waals surface area contributed by atoms with Crippen LogP contribution in [0.5, 0.6) is 0 Å². The van der Waals surface area contributed by atoms with Crippen LogP contribution in [-0.2, 0) is 10.0 Å². The number of sulfonamides is 1. The van der Waals surface area contributed by atoms with E-state index >= 15 is 0 Å². The Morgan fingerprint density at radius 3 is 2.80 bits per heavy atom. The summed E-state index contributed by atoms with van der Waals surface area (Å²) in [5, 5.41) is 6.54. The van der Waals surface area contributed by atoms with Crippen molar-refractivity contribution in [2.75, 3.05) is 12.8 Å². The van der Waals surface area contributed by atoms with Gasteiger partial charge in [-0.25, -0.2) is 13.1 Å². The maximum Gasteiger partial charge on any atom is 0.243 e. The van der Waals surface area contributed by atoms with Gasteiger partial charge >= 0.3 is 0 Å². The van der Waals surface area contributed by atoms with Crippen LogP contribution in [-0.4, -0.2) is 36.7 Å². The molecule has 1 heterocycles. The first-order valence-corrected chi connectivity index (χ1v) is 7.27. The van der Waals surface area contributed by atoms with Crippen LogP contribution in [0.25, 0.3) is 0 Å². The molecule has 0 aliphatic rings. The van der Waals surface area contributed by atoms with E-state index in [2.05, 4.69) is 14.9 Å². The Morgan fingerprint density at radius 2 is 2.33 bits per heavy atom. The number of aryl methyl sites for hydroxylation is 1. The summed E-state index contributed by atoms with van der Waals surface area (Å²) in [4.78, 5) is 0.218. The average molecular weight is 249 g/mol. The Hall–Kier alpha value is -0.530. The molecule has 5 nitrogen and oxygen atoms in total. The molecule has 0 aliphatic heterocycles. The number of nitrogens with one attached hydrogen (secondary N) is 2. The molecular formula is C8H15N3O2S2. The van der Waals surface area contributed by atoms with E-state index in [9.17, 15) is 8.42 Å². The molecule has 0 aliphatic carbocycles. The van der Waals surface area contributed by atoms with Crippen molar-refractivity contribution in [1.29, 1.82) is 0 Å². The summed E-state index contributed by atoms with van der Waals surface area (Å²) >= 11 is 1.62. The third-order valence-electron chi connectivity index (χ3n) is 2.04. The van der Waals surface area contributed by atoms with E-state index in [0.717, 1.165) is 0 Å². The van der Waals surface area contributed by atoms with Gasteiger partial charge in [0.05, 0.1) is 11.9 Å². The highest BCUT2D eigenvalue weighted by Crippen LogP contribution is 2.11. The van der Waals surface area contributed by atoms with Gasteiger partial charge in [0.15, 0.2) is 0 Å². The molecule has 0 spiro atoms. The summed E-state index contributed by atoms with van der Waals surface area (Å²) in [7, 11) is -3.41. The minimum atomic E-state index is -3.41. The third kappa shape index (κ3) is 3.22. The van der Waals surface area contributed by atoms with E-state index in [1.54, 1.807) is 18.7 Å². The molecule has 15 heavy (non-hydrogen) atoms. The van der Waals surface area contributed by atoms with Crippen LogP contribution in [0, 0.1) is 6.92 Å². The monoisotopic (exact) mass is 249 g/mol. The van der Waals surface area contributed by atoms with Crippen LogP contribution in [0.2, 0.25) is 0 Å². The van der Waals surface area contributed by atoms with Gasteiger partial charge < -0.3 is 0 Å². The van der Waals surface area contributed by atoms with Crippen molar-refractivity contribution in [2.45, 2.75) is 24.0 Å². The predicted octanol–water partition coefficient (Wildman–Crippen LogP) is 0.748. The zero-order chi connectivity index (χ0) is 11.5. The Bertz CT molecular complexity index is 413. The lowest BCUT2D eigenvalue weighted by atomic mass is 10.5. The maximum absolute atomic E-state index is 11.8. The highest BCUT2D eigenvalue weighted by molar-refractivity contribution is 7.99. The normalized spacial score (nSPS) is 14.1. The summed E-state index contributed by atoms with van der Waals surface area (Å²) in [5.74, 6) is 0. The quantitative estimate of drug-likeness (QED) is 0.807. The first-order chi connectivity index (χ1) is 6.97. The largest absolute Gasteiger partial charge is 0.281 e. The highest BCUT2D eigenvalue weighted by Gasteiger charge is 2.18. The molecule has 0 bridgehead atoms. The number of hydrogen-bond acceptors (Lipinski definition) is 4. The van der Waals surface area contributed by atoms with Crippen molar-refractivity contribution in [3.8, 4) is 0 Å². The topological polar surface area (TPSA) is 74.8 Å². The molecule has 2 N–H and O–H groups in total. The Kier molecular flexibility index (Phi) is 4.18. The van der Waals surface area contributed by atoms with Crippen molar-refractivity contribution in [1.82, 2.24) is 14.9 Å². The third-order valence-corrected chi connectivity index (χ3v) is 4.55. The molecule has 1 aromatic rings. The van der Waals surface area contributed by atoms with Gasteiger partial charge in [-0.05, 0) is 13.2 Å². The van der Waals surface area contributed by atoms with E-state index in [1.807, 2.05) is 13.2 Å². The van der Waals surface area contributed by atoms with Gasteiger partial charge in [-0.15, -0.1) is 0 Å². The fourth-order valence-electron chi connectivity index (χ4n) is 0.999. The highest BCUT2D eigenvalue weighted by atomic mass is 32.2. The maximum atomic E-state index is 11.8. The number of rotatable bonds is 5. The van der Waals surface area contributed by atoms with Gasteiger partial charge in [-0.1, -0.05) is 6.92 Å². The van der Waals surface area contributed by atoms with Crippen molar-refractivity contribution < 1.29 is 8.42 Å². The Morgan fingerprint density at radius 1 is 1.67 bits per heavy atom. The van der Waals surface area contributed by atoms with Crippen LogP contribution >= 0.6 is 11.8 Å². The standard InChI is InChI=1S/C8H15N3O2S2/c1-6(14-3)4-10-15(12,13)8-5-9-11-7(8)2/h5-6,10H,4H2,1-3H3,(H,9,11). The number of thioether (sulfide) groups is 1. The SMILES string of the molecule is CSC(C)CNS(=O)(=O)c1cn[nH]c1C. The second kappa shape index (κ2) is 5.00. The molecule has 86 valence electrons. The molecular weight excluding hydrogens is 234 g/mol. The fourth-order valence-corrected chi connectivity index (χ4v) is 2.62. The zero-order valence-electron chi connectivity index (χ0n) is 8.94. The van der Waals surface area contributed by atoms with E-state index in [4.69, 9.17) is 0 Å². The zero-order valence-corrected chi connectivity index (χ0v) is 10.6. The summed E-state index contributed by atoms with van der Waals surface area (Å²) in [6.45, 7) is 4.07. The molecule has 0 amide bonds. The predicted molar refractivity (Wildman–Crippen MR) is 61.5 cm³/mol. The van der Waals surface area contributed by atoms with Crippen LogP contribution < -0.4 is 4.72 Å². The summed E-state index contributed by atoms with van der Waals surface area (Å²) < 4.78 is 26.1. The van der Waals surface area contributed by atoms with Crippen molar-refractivity contribution in [3.63, 3.8) is 0 Å². The lowest BCUT2D eigenvalue weighted by Gasteiger charge is -2.09. The van der Waals surface area contributed by atoms with Crippen LogP contribution in [0.3, 0.4) is 0 Å². The molecule has 1 atom stereocenters. The minimum absolute atomic E-state index is 0.218. The molecule has 1 aromatic heterocycles. The Labute approximate surface area is 94.1 Å². The van der Waals surface area contributed by atoms with Crippen LogP contribution in [0.1, 0.15) is 12.6 Å². The average Bonchev–Trinajstić information content (AvgIpc) is 2.61. The summed E-state index contributed by atoms with van der Waals surface area (Å²) in [5.41, 5.74) is 0.555. The minimum Gasteiger partial charge on any atom is -0.281 e. The smallest absolute Gasteiger partial charge is 0.243 e. The number of H-pyrrole nitrogens is 1. The van der Waals surface area contributed by atoms with Crippen LogP contribution in [0.4, 0.5) is 0 Å². The second-order valence-corrected chi connectivity index (χ2v) is 6.27. The summed E-state index contributed by atoms with van der Waals surface area (Å²) in [6, 6.07) is 0. The molecule has 0 fully saturated rings. The first-order valence-electron chi connectivity index (χ1n) is 4.50. The van der Waals surface area contributed by atoms with Crippen molar-refractivity contribution in [3.05, 3.63) is 11.9 Å². The van der Waals surface area contributed by atoms with Crippen molar-refractivity contribution in [2.24, 2.45) is 0 Å². The molecule has 1 rings (SSSR count). The van der Waals surface area contributed by atoms with Gasteiger partial charge in [-0.3, -0.25) is 5.10 Å². The van der Waals surface area contributed by atoms with Crippen molar-refractivity contribution >= 4 is 21.8 Å². The first kappa shape index (κ1) is 12.5.